The van der Waals surface area contributed by atoms with Gasteiger partial charge in [0.25, 0.3) is 5.56 Å². The quantitative estimate of drug-likeness (QED) is 0.371. The van der Waals surface area contributed by atoms with Gasteiger partial charge in [-0.3, -0.25) is 14.6 Å². The van der Waals surface area contributed by atoms with Crippen molar-refractivity contribution in [2.24, 2.45) is 16.0 Å². The van der Waals surface area contributed by atoms with Crippen LogP contribution in [0.4, 0.5) is 14.5 Å². The SMILES string of the molecule is COc1ccc(-c2ccc(=O)n(CCCCOc3ccc(C4=NNC(=O)CC4C)c(F)c3F)n2)c2c1N=C(C)CC2. The number of nitrogens with zero attached hydrogens (tertiary/aromatic N) is 4. The van der Waals surface area contributed by atoms with Crippen molar-refractivity contribution in [2.75, 3.05) is 13.7 Å². The molecule has 1 unspecified atom stereocenters. The highest BCUT2D eigenvalue weighted by molar-refractivity contribution is 6.06. The molecule has 0 saturated heterocycles. The number of carbonyl (C=O) groups excluding carboxylic acids is 1. The number of aromatic nitrogens is 2. The van der Waals surface area contributed by atoms with E-state index in [0.29, 0.717) is 30.8 Å². The van der Waals surface area contributed by atoms with Gasteiger partial charge < -0.3 is 9.47 Å². The predicted octanol–water partition coefficient (Wildman–Crippen LogP) is 4.96. The highest BCUT2D eigenvalue weighted by atomic mass is 19.2. The van der Waals surface area contributed by atoms with Crippen LogP contribution in [-0.4, -0.2) is 40.8 Å². The number of hydrogen-bond donors (Lipinski definition) is 1. The molecule has 0 aliphatic carbocycles. The van der Waals surface area contributed by atoms with Crippen LogP contribution in [0.15, 0.2) is 51.3 Å². The minimum absolute atomic E-state index is 0.00672. The maximum atomic E-state index is 14.8. The molecule has 5 rings (SSSR count). The number of halogens is 2. The van der Waals surface area contributed by atoms with E-state index in [1.807, 2.05) is 19.1 Å². The number of hydrazone groups is 1. The molecule has 2 aliphatic heterocycles. The van der Waals surface area contributed by atoms with Crippen molar-refractivity contribution in [2.45, 2.75) is 52.5 Å². The Balaban J connectivity index is 1.22. The lowest BCUT2D eigenvalue weighted by atomic mass is 9.93. The number of rotatable bonds is 9. The molecule has 1 amide bonds. The van der Waals surface area contributed by atoms with Crippen LogP contribution in [-0.2, 0) is 17.8 Å². The summed E-state index contributed by atoms with van der Waals surface area (Å²) in [5.74, 6) is -2.30. The molecule has 0 radical (unpaired) electrons. The van der Waals surface area contributed by atoms with E-state index in [1.54, 1.807) is 20.1 Å². The number of nitrogens with one attached hydrogen (secondary N) is 1. The van der Waals surface area contributed by atoms with Crippen LogP contribution in [0, 0.1) is 17.6 Å². The molecule has 0 fully saturated rings. The van der Waals surface area contributed by atoms with E-state index in [1.165, 1.54) is 22.9 Å². The summed E-state index contributed by atoms with van der Waals surface area (Å²) in [6.07, 6.45) is 2.82. The Morgan fingerprint density at radius 2 is 1.78 bits per heavy atom. The molecule has 0 bridgehead atoms. The lowest BCUT2D eigenvalue weighted by Gasteiger charge is -2.20. The molecule has 2 aliphatic rings. The van der Waals surface area contributed by atoms with Crippen molar-refractivity contribution in [1.29, 1.82) is 0 Å². The maximum Gasteiger partial charge on any atom is 0.266 e. The Morgan fingerprint density at radius 3 is 2.56 bits per heavy atom. The van der Waals surface area contributed by atoms with Gasteiger partial charge in [0.15, 0.2) is 11.6 Å². The van der Waals surface area contributed by atoms with Gasteiger partial charge in [-0.2, -0.15) is 14.6 Å². The van der Waals surface area contributed by atoms with Gasteiger partial charge in [-0.1, -0.05) is 6.92 Å². The zero-order chi connectivity index (χ0) is 29.1. The first-order valence-electron chi connectivity index (χ1n) is 13.6. The van der Waals surface area contributed by atoms with Crippen molar-refractivity contribution in [1.82, 2.24) is 15.2 Å². The fourth-order valence-corrected chi connectivity index (χ4v) is 5.07. The van der Waals surface area contributed by atoms with E-state index < -0.39 is 11.6 Å². The van der Waals surface area contributed by atoms with Crippen molar-refractivity contribution in [3.8, 4) is 22.8 Å². The second-order valence-electron chi connectivity index (χ2n) is 10.2. The molecule has 1 aromatic heterocycles. The van der Waals surface area contributed by atoms with Crippen molar-refractivity contribution in [3.63, 3.8) is 0 Å². The molecular weight excluding hydrogens is 532 g/mol. The molecule has 0 spiro atoms. The Bertz CT molecular complexity index is 1620. The molecule has 3 aromatic rings. The van der Waals surface area contributed by atoms with Gasteiger partial charge in [-0.15, -0.1) is 0 Å². The van der Waals surface area contributed by atoms with E-state index in [-0.39, 0.29) is 47.4 Å². The number of methoxy groups -OCH3 is 1. The second kappa shape index (κ2) is 12.0. The van der Waals surface area contributed by atoms with Gasteiger partial charge in [-0.25, -0.2) is 14.5 Å². The molecule has 1 N–H and O–H groups in total. The van der Waals surface area contributed by atoms with Crippen molar-refractivity contribution in [3.05, 3.63) is 69.5 Å². The summed E-state index contributed by atoms with van der Waals surface area (Å²) in [5, 5.41) is 8.50. The third kappa shape index (κ3) is 5.89. The molecular formula is C30H31F2N5O4. The molecule has 9 nitrogen and oxygen atoms in total. The number of carbonyl (C=O) groups is 1. The van der Waals surface area contributed by atoms with Gasteiger partial charge in [-0.05, 0) is 68.5 Å². The Labute approximate surface area is 235 Å². The van der Waals surface area contributed by atoms with Crippen LogP contribution < -0.4 is 20.5 Å². The molecule has 0 saturated carbocycles. The molecule has 11 heteroatoms. The third-order valence-electron chi connectivity index (χ3n) is 7.25. The minimum Gasteiger partial charge on any atom is -0.494 e. The zero-order valence-corrected chi connectivity index (χ0v) is 23.2. The summed E-state index contributed by atoms with van der Waals surface area (Å²) < 4.78 is 41.9. The van der Waals surface area contributed by atoms with Gasteiger partial charge in [0.2, 0.25) is 11.7 Å². The maximum absolute atomic E-state index is 14.8. The van der Waals surface area contributed by atoms with Gasteiger partial charge in [0, 0.05) is 41.8 Å². The van der Waals surface area contributed by atoms with Crippen LogP contribution in [0.2, 0.25) is 0 Å². The lowest BCUT2D eigenvalue weighted by molar-refractivity contribution is -0.121. The van der Waals surface area contributed by atoms with Crippen LogP contribution in [0.25, 0.3) is 11.3 Å². The predicted molar refractivity (Wildman–Crippen MR) is 151 cm³/mol. The summed E-state index contributed by atoms with van der Waals surface area (Å²) in [6.45, 7) is 4.19. The minimum atomic E-state index is -1.11. The van der Waals surface area contributed by atoms with Gasteiger partial charge in [0.1, 0.15) is 11.4 Å². The molecule has 1 atom stereocenters. The van der Waals surface area contributed by atoms with Crippen LogP contribution in [0.3, 0.4) is 0 Å². The summed E-state index contributed by atoms with van der Waals surface area (Å²) in [4.78, 5) is 28.7. The number of fused-ring (bicyclic) bond motifs is 1. The monoisotopic (exact) mass is 563 g/mol. The first-order chi connectivity index (χ1) is 19.8. The average molecular weight is 564 g/mol. The summed E-state index contributed by atoms with van der Waals surface area (Å²) >= 11 is 0. The van der Waals surface area contributed by atoms with E-state index in [9.17, 15) is 18.4 Å². The first-order valence-corrected chi connectivity index (χ1v) is 13.6. The smallest absolute Gasteiger partial charge is 0.266 e. The number of aliphatic imine (C=N–C) groups is 1. The van der Waals surface area contributed by atoms with E-state index in [0.717, 1.165) is 35.4 Å². The van der Waals surface area contributed by atoms with Crippen LogP contribution in [0.5, 0.6) is 11.5 Å². The Kier molecular flexibility index (Phi) is 8.23. The Hall–Kier alpha value is -4.41. The topological polar surface area (TPSA) is 107 Å². The zero-order valence-electron chi connectivity index (χ0n) is 23.2. The largest absolute Gasteiger partial charge is 0.494 e. The number of amides is 1. The fourth-order valence-electron chi connectivity index (χ4n) is 5.07. The normalized spacial score (nSPS) is 16.4. The molecule has 214 valence electrons. The molecule has 41 heavy (non-hydrogen) atoms. The number of aryl methyl sites for hydroxylation is 1. The second-order valence-corrected chi connectivity index (χ2v) is 10.2. The number of unbranched alkanes of at least 4 members (excludes halogenated alkanes) is 1. The summed E-state index contributed by atoms with van der Waals surface area (Å²) in [5.41, 5.74) is 6.81. The van der Waals surface area contributed by atoms with E-state index in [4.69, 9.17) is 14.5 Å². The van der Waals surface area contributed by atoms with E-state index in [2.05, 4.69) is 15.6 Å². The van der Waals surface area contributed by atoms with E-state index >= 15 is 0 Å². The molecule has 3 heterocycles. The first kappa shape index (κ1) is 28.1. The van der Waals surface area contributed by atoms with Crippen LogP contribution in [0.1, 0.15) is 50.7 Å². The number of hydrogen-bond acceptors (Lipinski definition) is 7. The number of benzene rings is 2. The average Bonchev–Trinajstić information content (AvgIpc) is 2.96. The van der Waals surface area contributed by atoms with Gasteiger partial charge in [0.05, 0.1) is 25.1 Å². The lowest BCUT2D eigenvalue weighted by Crippen LogP contribution is -2.32. The third-order valence-corrected chi connectivity index (χ3v) is 7.25. The highest BCUT2D eigenvalue weighted by Crippen LogP contribution is 2.40. The standard InChI is InChI=1S/C30H31F2N5O4/c1-17-16-25(38)34-35-29(17)21-9-11-23(28(32)27(21)31)41-15-5-4-14-37-26(39)13-10-22(36-37)19-8-12-24(40-3)30-20(19)7-6-18(2)33-30/h8-13,17H,4-7,14-16H2,1-3H3,(H,34,38). The number of ether oxygens (including phenoxy) is 2. The van der Waals surface area contributed by atoms with Crippen molar-refractivity contribution >= 4 is 23.0 Å². The van der Waals surface area contributed by atoms with Crippen molar-refractivity contribution < 1.29 is 23.0 Å². The summed E-state index contributed by atoms with van der Waals surface area (Å²) in [7, 11) is 1.62. The Morgan fingerprint density at radius 1 is 1.00 bits per heavy atom. The fraction of sp³-hybridized carbons (Fsp3) is 0.367. The highest BCUT2D eigenvalue weighted by Gasteiger charge is 2.26. The van der Waals surface area contributed by atoms with Gasteiger partial charge >= 0.3 is 0 Å². The van der Waals surface area contributed by atoms with Crippen LogP contribution >= 0.6 is 0 Å². The summed E-state index contributed by atoms with van der Waals surface area (Å²) in [6, 6.07) is 9.77. The molecule has 2 aromatic carbocycles.